The molecule has 0 bridgehead atoms. The molecule has 0 atom stereocenters. The standard InChI is InChI=1S/C20H23NO6S/c1-24-16-12-18(26-3)17(25-2)11-15(16)20(23)27-13-19(22)21-9-10-28-14-7-5-4-6-8-14/h4-8,11-12H,9-10,13H2,1-3H3,(H,21,22). The molecule has 0 aromatic heterocycles. The predicted molar refractivity (Wildman–Crippen MR) is 107 cm³/mol. The van der Waals surface area contributed by atoms with Crippen LogP contribution in [-0.4, -0.2) is 52.1 Å². The summed E-state index contributed by atoms with van der Waals surface area (Å²) in [5, 5.41) is 2.72. The van der Waals surface area contributed by atoms with E-state index >= 15 is 0 Å². The fourth-order valence-corrected chi connectivity index (χ4v) is 3.11. The van der Waals surface area contributed by atoms with Crippen molar-refractivity contribution >= 4 is 23.6 Å². The number of hydrogen-bond acceptors (Lipinski definition) is 7. The van der Waals surface area contributed by atoms with Crippen molar-refractivity contribution in [3.05, 3.63) is 48.0 Å². The number of amides is 1. The Morgan fingerprint density at radius 3 is 2.21 bits per heavy atom. The minimum atomic E-state index is -0.688. The number of ether oxygens (including phenoxy) is 4. The van der Waals surface area contributed by atoms with Crippen LogP contribution in [0.5, 0.6) is 17.2 Å². The van der Waals surface area contributed by atoms with Crippen molar-refractivity contribution < 1.29 is 28.5 Å². The van der Waals surface area contributed by atoms with Gasteiger partial charge in [0.25, 0.3) is 5.91 Å². The maximum Gasteiger partial charge on any atom is 0.342 e. The third kappa shape index (κ3) is 6.09. The van der Waals surface area contributed by atoms with Gasteiger partial charge in [0, 0.05) is 29.3 Å². The molecule has 0 spiro atoms. The molecule has 0 aliphatic carbocycles. The number of rotatable bonds is 10. The molecule has 2 aromatic rings. The first-order valence-electron chi connectivity index (χ1n) is 8.50. The molecule has 1 amide bonds. The minimum absolute atomic E-state index is 0.146. The van der Waals surface area contributed by atoms with E-state index in [1.54, 1.807) is 11.8 Å². The highest BCUT2D eigenvalue weighted by atomic mass is 32.2. The molecule has 0 fully saturated rings. The Kier molecular flexibility index (Phi) is 8.48. The van der Waals surface area contributed by atoms with Gasteiger partial charge in [-0.15, -0.1) is 11.8 Å². The van der Waals surface area contributed by atoms with Gasteiger partial charge in [0.1, 0.15) is 11.3 Å². The van der Waals surface area contributed by atoms with Crippen LogP contribution < -0.4 is 19.5 Å². The summed E-state index contributed by atoms with van der Waals surface area (Å²) in [6.07, 6.45) is 0. The van der Waals surface area contributed by atoms with E-state index in [1.807, 2.05) is 30.3 Å². The first-order chi connectivity index (χ1) is 13.6. The van der Waals surface area contributed by atoms with Gasteiger partial charge in [0.05, 0.1) is 21.3 Å². The van der Waals surface area contributed by atoms with Gasteiger partial charge >= 0.3 is 5.97 Å². The Bertz CT molecular complexity index is 797. The monoisotopic (exact) mass is 405 g/mol. The zero-order valence-corrected chi connectivity index (χ0v) is 16.8. The predicted octanol–water partition coefficient (Wildman–Crippen LogP) is 2.78. The van der Waals surface area contributed by atoms with E-state index in [1.165, 1.54) is 33.5 Å². The van der Waals surface area contributed by atoms with Crippen molar-refractivity contribution in [2.45, 2.75) is 4.90 Å². The largest absolute Gasteiger partial charge is 0.496 e. The molecule has 0 aliphatic rings. The average molecular weight is 405 g/mol. The Morgan fingerprint density at radius 2 is 1.57 bits per heavy atom. The van der Waals surface area contributed by atoms with Gasteiger partial charge in [0.15, 0.2) is 18.1 Å². The van der Waals surface area contributed by atoms with Gasteiger partial charge in [-0.3, -0.25) is 4.79 Å². The summed E-state index contributed by atoms with van der Waals surface area (Å²) in [6.45, 7) is 0.0853. The maximum atomic E-state index is 12.3. The molecule has 150 valence electrons. The van der Waals surface area contributed by atoms with E-state index in [4.69, 9.17) is 18.9 Å². The number of nitrogens with one attached hydrogen (secondary N) is 1. The topological polar surface area (TPSA) is 83.1 Å². The number of benzene rings is 2. The lowest BCUT2D eigenvalue weighted by atomic mass is 10.1. The van der Waals surface area contributed by atoms with Crippen molar-refractivity contribution in [2.24, 2.45) is 0 Å². The molecule has 7 nitrogen and oxygen atoms in total. The number of carbonyl (C=O) groups is 2. The van der Waals surface area contributed by atoms with E-state index in [0.717, 1.165) is 4.90 Å². The highest BCUT2D eigenvalue weighted by molar-refractivity contribution is 7.99. The Balaban J connectivity index is 1.83. The summed E-state index contributed by atoms with van der Waals surface area (Å²) in [7, 11) is 4.37. The number of hydrogen-bond donors (Lipinski definition) is 1. The first-order valence-corrected chi connectivity index (χ1v) is 9.49. The zero-order valence-electron chi connectivity index (χ0n) is 16.0. The summed E-state index contributed by atoms with van der Waals surface area (Å²) >= 11 is 1.63. The van der Waals surface area contributed by atoms with E-state index < -0.39 is 5.97 Å². The van der Waals surface area contributed by atoms with Crippen molar-refractivity contribution in [1.82, 2.24) is 5.32 Å². The molecule has 8 heteroatoms. The van der Waals surface area contributed by atoms with Crippen molar-refractivity contribution in [3.8, 4) is 17.2 Å². The second-order valence-corrected chi connectivity index (χ2v) is 6.66. The maximum absolute atomic E-state index is 12.3. The number of methoxy groups -OCH3 is 3. The van der Waals surface area contributed by atoms with Crippen LogP contribution in [0.25, 0.3) is 0 Å². The van der Waals surface area contributed by atoms with Crippen LogP contribution in [0.15, 0.2) is 47.4 Å². The third-order valence-electron chi connectivity index (χ3n) is 3.70. The van der Waals surface area contributed by atoms with Crippen LogP contribution >= 0.6 is 11.8 Å². The quantitative estimate of drug-likeness (QED) is 0.370. The summed E-state index contributed by atoms with van der Waals surface area (Å²) < 4.78 is 20.6. The highest BCUT2D eigenvalue weighted by Gasteiger charge is 2.19. The van der Waals surface area contributed by atoms with Gasteiger partial charge in [-0.05, 0) is 12.1 Å². The first kappa shape index (κ1) is 21.4. The van der Waals surface area contributed by atoms with Gasteiger partial charge in [-0.1, -0.05) is 18.2 Å². The SMILES string of the molecule is COc1cc(OC)c(C(=O)OCC(=O)NCCSc2ccccc2)cc1OC. The van der Waals surface area contributed by atoms with Crippen molar-refractivity contribution in [3.63, 3.8) is 0 Å². The van der Waals surface area contributed by atoms with E-state index in [-0.39, 0.29) is 23.8 Å². The smallest absolute Gasteiger partial charge is 0.342 e. The van der Waals surface area contributed by atoms with Gasteiger partial charge in [-0.25, -0.2) is 4.79 Å². The molecule has 0 aliphatic heterocycles. The molecular formula is C20H23NO6S. The molecular weight excluding hydrogens is 382 g/mol. The van der Waals surface area contributed by atoms with Crippen LogP contribution in [0.2, 0.25) is 0 Å². The summed E-state index contributed by atoms with van der Waals surface area (Å²) in [4.78, 5) is 25.4. The summed E-state index contributed by atoms with van der Waals surface area (Å²) in [5.41, 5.74) is 0.146. The van der Waals surface area contributed by atoms with E-state index in [2.05, 4.69) is 5.32 Å². The minimum Gasteiger partial charge on any atom is -0.496 e. The molecule has 0 unspecified atom stereocenters. The second-order valence-electron chi connectivity index (χ2n) is 5.50. The van der Waals surface area contributed by atoms with Crippen LogP contribution in [0.4, 0.5) is 0 Å². The molecule has 28 heavy (non-hydrogen) atoms. The molecule has 0 radical (unpaired) electrons. The lowest BCUT2D eigenvalue weighted by Gasteiger charge is -2.13. The summed E-state index contributed by atoms with van der Waals surface area (Å²) in [6, 6.07) is 12.9. The fourth-order valence-electron chi connectivity index (χ4n) is 2.32. The number of esters is 1. The third-order valence-corrected chi connectivity index (χ3v) is 4.71. The van der Waals surface area contributed by atoms with Crippen LogP contribution in [0.3, 0.4) is 0 Å². The van der Waals surface area contributed by atoms with Crippen LogP contribution in [-0.2, 0) is 9.53 Å². The second kappa shape index (κ2) is 11.1. The molecule has 2 aromatic carbocycles. The highest BCUT2D eigenvalue weighted by Crippen LogP contribution is 2.34. The average Bonchev–Trinajstić information content (AvgIpc) is 2.74. The Hall–Kier alpha value is -2.87. The molecule has 0 saturated heterocycles. The summed E-state index contributed by atoms with van der Waals surface area (Å²) in [5.74, 6) is 0.699. The van der Waals surface area contributed by atoms with Gasteiger partial charge in [0.2, 0.25) is 0 Å². The molecule has 1 N–H and O–H groups in total. The molecule has 0 heterocycles. The zero-order chi connectivity index (χ0) is 20.4. The number of carbonyl (C=O) groups excluding carboxylic acids is 2. The van der Waals surface area contributed by atoms with E-state index in [9.17, 15) is 9.59 Å². The van der Waals surface area contributed by atoms with Gasteiger partial charge < -0.3 is 24.3 Å². The Labute approximate surface area is 168 Å². The van der Waals surface area contributed by atoms with Crippen LogP contribution in [0, 0.1) is 0 Å². The fraction of sp³-hybridized carbons (Fsp3) is 0.300. The van der Waals surface area contributed by atoms with Gasteiger partial charge in [-0.2, -0.15) is 0 Å². The van der Waals surface area contributed by atoms with Crippen molar-refractivity contribution in [2.75, 3.05) is 40.2 Å². The van der Waals surface area contributed by atoms with E-state index in [0.29, 0.717) is 23.8 Å². The van der Waals surface area contributed by atoms with Crippen molar-refractivity contribution in [1.29, 1.82) is 0 Å². The number of thioether (sulfide) groups is 1. The molecule has 2 rings (SSSR count). The molecule has 0 saturated carbocycles. The Morgan fingerprint density at radius 1 is 0.929 bits per heavy atom. The lowest BCUT2D eigenvalue weighted by molar-refractivity contribution is -0.124. The van der Waals surface area contributed by atoms with Crippen LogP contribution in [0.1, 0.15) is 10.4 Å². The normalized spacial score (nSPS) is 10.1. The lowest BCUT2D eigenvalue weighted by Crippen LogP contribution is -2.30.